The summed E-state index contributed by atoms with van der Waals surface area (Å²) in [6.45, 7) is 4.67. The Morgan fingerprint density at radius 3 is 2.92 bits per heavy atom. The fourth-order valence-corrected chi connectivity index (χ4v) is 2.67. The number of anilines is 1. The lowest BCUT2D eigenvalue weighted by Gasteiger charge is -2.17. The molecule has 0 aliphatic carbocycles. The molecule has 0 unspecified atom stereocenters. The Bertz CT molecular complexity index is 652. The highest BCUT2D eigenvalue weighted by atomic mass is 16.6. The van der Waals surface area contributed by atoms with E-state index in [2.05, 4.69) is 17.2 Å². The third-order valence-electron chi connectivity index (χ3n) is 4.34. The molecule has 26 heavy (non-hydrogen) atoms. The number of rotatable bonds is 9. The summed E-state index contributed by atoms with van der Waals surface area (Å²) >= 11 is 0. The van der Waals surface area contributed by atoms with Crippen molar-refractivity contribution in [3.8, 4) is 0 Å². The number of unbranched alkanes of at least 4 members (excludes halogenated alkanes) is 1. The fourth-order valence-electron chi connectivity index (χ4n) is 2.67. The number of nitrogens with zero attached hydrogens (tertiary/aromatic N) is 2. The molecule has 1 aromatic heterocycles. The van der Waals surface area contributed by atoms with Crippen LogP contribution in [0.15, 0.2) is 17.1 Å². The highest BCUT2D eigenvalue weighted by Gasteiger charge is 2.42. The van der Waals surface area contributed by atoms with Crippen molar-refractivity contribution >= 4 is 11.8 Å². The summed E-state index contributed by atoms with van der Waals surface area (Å²) in [5, 5.41) is 22.1. The van der Waals surface area contributed by atoms with Gasteiger partial charge in [0.25, 0.3) is 0 Å². The van der Waals surface area contributed by atoms with E-state index in [9.17, 15) is 14.7 Å². The molecule has 0 saturated carbocycles. The SMILES string of the molecule is CCCCNCC(=O)OC[C@H]1O[C@@H](n2ccc(NO)nc2=O)[C@H](O)[C@@H]1C. The molecule has 10 nitrogen and oxygen atoms in total. The van der Waals surface area contributed by atoms with Crippen LogP contribution in [0.25, 0.3) is 0 Å². The zero-order chi connectivity index (χ0) is 19.1. The number of carbonyl (C=O) groups is 1. The van der Waals surface area contributed by atoms with Crippen LogP contribution in [0.4, 0.5) is 5.82 Å². The Morgan fingerprint density at radius 1 is 1.50 bits per heavy atom. The first kappa shape index (κ1) is 20.3. The minimum Gasteiger partial charge on any atom is -0.462 e. The molecule has 0 aromatic carbocycles. The van der Waals surface area contributed by atoms with Gasteiger partial charge in [0, 0.05) is 12.1 Å². The molecule has 1 fully saturated rings. The number of hydrogen-bond acceptors (Lipinski definition) is 9. The monoisotopic (exact) mass is 370 g/mol. The number of carbonyl (C=O) groups excluding carboxylic acids is 1. The van der Waals surface area contributed by atoms with E-state index in [1.54, 1.807) is 12.4 Å². The lowest BCUT2D eigenvalue weighted by atomic mass is 10.0. The van der Waals surface area contributed by atoms with Gasteiger partial charge in [0.2, 0.25) is 0 Å². The van der Waals surface area contributed by atoms with Crippen LogP contribution < -0.4 is 16.5 Å². The maximum atomic E-state index is 12.0. The third-order valence-corrected chi connectivity index (χ3v) is 4.34. The summed E-state index contributed by atoms with van der Waals surface area (Å²) in [5.41, 5.74) is 1.10. The van der Waals surface area contributed by atoms with Crippen molar-refractivity contribution in [2.24, 2.45) is 5.92 Å². The molecule has 0 spiro atoms. The molecule has 4 N–H and O–H groups in total. The van der Waals surface area contributed by atoms with E-state index in [1.807, 2.05) is 0 Å². The number of hydrogen-bond donors (Lipinski definition) is 4. The normalized spacial score (nSPS) is 25.2. The molecule has 1 aliphatic rings. The van der Waals surface area contributed by atoms with E-state index < -0.39 is 30.1 Å². The maximum Gasteiger partial charge on any atom is 0.351 e. The molecule has 4 atom stereocenters. The van der Waals surface area contributed by atoms with E-state index in [-0.39, 0.29) is 24.9 Å². The molecule has 0 bridgehead atoms. The van der Waals surface area contributed by atoms with Gasteiger partial charge >= 0.3 is 11.7 Å². The number of aromatic nitrogens is 2. The third kappa shape index (κ3) is 5.01. The molecule has 0 radical (unpaired) electrons. The van der Waals surface area contributed by atoms with Gasteiger partial charge in [0.05, 0.1) is 12.6 Å². The van der Waals surface area contributed by atoms with E-state index >= 15 is 0 Å². The van der Waals surface area contributed by atoms with Gasteiger partial charge in [-0.1, -0.05) is 20.3 Å². The van der Waals surface area contributed by atoms with Crippen molar-refractivity contribution < 1.29 is 24.6 Å². The van der Waals surface area contributed by atoms with Gasteiger partial charge in [-0.05, 0) is 19.0 Å². The fraction of sp³-hybridized carbons (Fsp3) is 0.688. The molecule has 2 rings (SSSR count). The Labute approximate surface area is 151 Å². The number of aliphatic hydroxyl groups is 1. The molecular weight excluding hydrogens is 344 g/mol. The number of ether oxygens (including phenoxy) is 2. The average molecular weight is 370 g/mol. The van der Waals surface area contributed by atoms with Crippen LogP contribution in [0, 0.1) is 5.92 Å². The Morgan fingerprint density at radius 2 is 2.27 bits per heavy atom. The Kier molecular flexibility index (Phi) is 7.51. The molecule has 10 heteroatoms. The zero-order valence-electron chi connectivity index (χ0n) is 14.9. The van der Waals surface area contributed by atoms with Crippen molar-refractivity contribution in [3.63, 3.8) is 0 Å². The smallest absolute Gasteiger partial charge is 0.351 e. The van der Waals surface area contributed by atoms with Crippen molar-refractivity contribution in [2.75, 3.05) is 25.2 Å². The maximum absolute atomic E-state index is 12.0. The summed E-state index contributed by atoms with van der Waals surface area (Å²) in [6.07, 6.45) is 0.936. The Hall–Kier alpha value is -2.01. The van der Waals surface area contributed by atoms with Crippen molar-refractivity contribution in [2.45, 2.75) is 45.1 Å². The second-order valence-corrected chi connectivity index (χ2v) is 6.24. The molecule has 146 valence electrons. The number of aliphatic hydroxyl groups excluding tert-OH is 1. The lowest BCUT2D eigenvalue weighted by Crippen LogP contribution is -2.33. The Balaban J connectivity index is 1.91. The molecular formula is C16H26N4O6. The highest BCUT2D eigenvalue weighted by Crippen LogP contribution is 2.33. The van der Waals surface area contributed by atoms with Crippen LogP contribution in [0.5, 0.6) is 0 Å². The zero-order valence-corrected chi connectivity index (χ0v) is 14.9. The summed E-state index contributed by atoms with van der Waals surface area (Å²) in [4.78, 5) is 27.3. The van der Waals surface area contributed by atoms with Crippen molar-refractivity contribution in [3.05, 3.63) is 22.7 Å². The van der Waals surface area contributed by atoms with E-state index in [0.29, 0.717) is 0 Å². The van der Waals surface area contributed by atoms with E-state index in [4.69, 9.17) is 14.7 Å². The van der Waals surface area contributed by atoms with Gasteiger partial charge in [-0.2, -0.15) is 4.98 Å². The summed E-state index contributed by atoms with van der Waals surface area (Å²) < 4.78 is 12.0. The van der Waals surface area contributed by atoms with E-state index in [0.717, 1.165) is 24.0 Å². The van der Waals surface area contributed by atoms with Crippen LogP contribution in [0.3, 0.4) is 0 Å². The summed E-state index contributed by atoms with van der Waals surface area (Å²) in [7, 11) is 0. The highest BCUT2D eigenvalue weighted by molar-refractivity contribution is 5.71. The van der Waals surface area contributed by atoms with Gasteiger partial charge in [-0.25, -0.2) is 4.79 Å². The summed E-state index contributed by atoms with van der Waals surface area (Å²) in [5.74, 6) is -0.747. The van der Waals surface area contributed by atoms with Gasteiger partial charge in [0.15, 0.2) is 12.0 Å². The van der Waals surface area contributed by atoms with Crippen LogP contribution in [-0.2, 0) is 14.3 Å². The minimum absolute atomic E-state index is 0.00663. The predicted octanol–water partition coefficient (Wildman–Crippen LogP) is -0.128. The molecule has 1 aromatic rings. The molecule has 2 heterocycles. The summed E-state index contributed by atoms with van der Waals surface area (Å²) in [6, 6.07) is 1.37. The van der Waals surface area contributed by atoms with Crippen LogP contribution in [0.1, 0.15) is 32.9 Å². The predicted molar refractivity (Wildman–Crippen MR) is 91.7 cm³/mol. The van der Waals surface area contributed by atoms with Crippen LogP contribution in [0.2, 0.25) is 0 Å². The van der Waals surface area contributed by atoms with Crippen molar-refractivity contribution in [1.82, 2.24) is 14.9 Å². The van der Waals surface area contributed by atoms with Gasteiger partial charge < -0.3 is 19.9 Å². The average Bonchev–Trinajstić information content (AvgIpc) is 2.91. The number of esters is 1. The largest absolute Gasteiger partial charge is 0.462 e. The van der Waals surface area contributed by atoms with Gasteiger partial charge in [0.1, 0.15) is 12.7 Å². The molecule has 0 amide bonds. The number of nitrogens with one attached hydrogen (secondary N) is 2. The molecule has 1 aliphatic heterocycles. The topological polar surface area (TPSA) is 135 Å². The first-order chi connectivity index (χ1) is 12.5. The quantitative estimate of drug-likeness (QED) is 0.266. The molecule has 1 saturated heterocycles. The van der Waals surface area contributed by atoms with Crippen molar-refractivity contribution in [1.29, 1.82) is 0 Å². The second kappa shape index (κ2) is 9.62. The van der Waals surface area contributed by atoms with Gasteiger partial charge in [-0.15, -0.1) is 0 Å². The van der Waals surface area contributed by atoms with Crippen LogP contribution in [-0.4, -0.2) is 57.7 Å². The lowest BCUT2D eigenvalue weighted by molar-refractivity contribution is -0.148. The minimum atomic E-state index is -0.964. The second-order valence-electron chi connectivity index (χ2n) is 6.24. The van der Waals surface area contributed by atoms with Crippen LogP contribution >= 0.6 is 0 Å². The first-order valence-corrected chi connectivity index (χ1v) is 8.67. The van der Waals surface area contributed by atoms with Gasteiger partial charge in [-0.3, -0.25) is 20.0 Å². The standard InChI is InChI=1S/C16H26N4O6/c1-3-4-6-17-8-13(21)25-9-11-10(2)14(22)15(26-11)20-7-5-12(19-24)18-16(20)23/h5,7,10-11,14-15,17,22,24H,3-4,6,8-9H2,1-2H3,(H,18,19,23)/t10-,11-,14-,15-/m1/s1. The first-order valence-electron chi connectivity index (χ1n) is 8.67. The van der Waals surface area contributed by atoms with E-state index in [1.165, 1.54) is 12.3 Å².